The van der Waals surface area contributed by atoms with E-state index in [1.807, 2.05) is 24.3 Å². The van der Waals surface area contributed by atoms with Crippen molar-refractivity contribution in [1.82, 2.24) is 9.99 Å². The van der Waals surface area contributed by atoms with Crippen molar-refractivity contribution in [1.29, 1.82) is 0 Å². The number of aromatic nitrogens is 1. The number of carbonyl (C=O) groups is 2. The third kappa shape index (κ3) is 6.99. The van der Waals surface area contributed by atoms with Crippen LogP contribution >= 0.6 is 27.5 Å². The molecule has 0 unspecified atom stereocenters. The van der Waals surface area contributed by atoms with Crippen molar-refractivity contribution >= 4 is 45.6 Å². The van der Waals surface area contributed by atoms with Gasteiger partial charge in [0.2, 0.25) is 0 Å². The van der Waals surface area contributed by atoms with Gasteiger partial charge in [-0.15, -0.1) is 0 Å². The number of amides is 1. The zero-order chi connectivity index (χ0) is 29.6. The Morgan fingerprint density at radius 2 is 1.67 bits per heavy atom. The molecule has 2 heterocycles. The van der Waals surface area contributed by atoms with Gasteiger partial charge in [-0.2, -0.15) is 5.10 Å². The third-order valence-electron chi connectivity index (χ3n) is 6.26. The molecule has 0 saturated heterocycles. The van der Waals surface area contributed by atoms with Gasteiger partial charge in [-0.3, -0.25) is 4.79 Å². The summed E-state index contributed by atoms with van der Waals surface area (Å²) in [6, 6.07) is 26.6. The zero-order valence-electron chi connectivity index (χ0n) is 22.6. The van der Waals surface area contributed by atoms with Gasteiger partial charge in [-0.1, -0.05) is 27.5 Å². The summed E-state index contributed by atoms with van der Waals surface area (Å²) < 4.78 is 20.0. The van der Waals surface area contributed by atoms with E-state index < -0.39 is 11.9 Å². The highest BCUT2D eigenvalue weighted by molar-refractivity contribution is 9.10. The molecule has 1 N–H and O–H groups in total. The summed E-state index contributed by atoms with van der Waals surface area (Å²) in [6.07, 6.45) is 1.33. The lowest BCUT2D eigenvalue weighted by molar-refractivity contribution is 0.0734. The first-order valence-electron chi connectivity index (χ1n) is 12.8. The largest absolute Gasteiger partial charge is 0.486 e. The van der Waals surface area contributed by atoms with Crippen molar-refractivity contribution in [3.8, 4) is 17.2 Å². The van der Waals surface area contributed by atoms with Crippen molar-refractivity contribution in [2.75, 3.05) is 0 Å². The van der Waals surface area contributed by atoms with E-state index in [9.17, 15) is 9.59 Å². The second-order valence-corrected chi connectivity index (χ2v) is 10.6. The van der Waals surface area contributed by atoms with E-state index in [0.717, 1.165) is 21.5 Å². The lowest BCUT2D eigenvalue weighted by Crippen LogP contribution is -2.17. The van der Waals surface area contributed by atoms with Gasteiger partial charge in [-0.25, -0.2) is 10.2 Å². The minimum atomic E-state index is -0.560. The van der Waals surface area contributed by atoms with Gasteiger partial charge < -0.3 is 18.5 Å². The van der Waals surface area contributed by atoms with Crippen LogP contribution in [0.4, 0.5) is 0 Å². The van der Waals surface area contributed by atoms with Crippen LogP contribution in [0, 0.1) is 13.8 Å². The maximum atomic E-state index is 12.6. The molecule has 0 atom stereocenters. The quantitative estimate of drug-likeness (QED) is 0.0768. The van der Waals surface area contributed by atoms with E-state index in [0.29, 0.717) is 27.7 Å². The van der Waals surface area contributed by atoms with Gasteiger partial charge in [0.25, 0.3) is 0 Å². The Kier molecular flexibility index (Phi) is 8.90. The SMILES string of the molecule is Cc1ccc(C)n1-c1ccc(OCc2ccc(C(=O)N/N=C/c3cc(Cl)ccc3OC(=O)c3ccc(Br)cc3)o2)cc1. The summed E-state index contributed by atoms with van der Waals surface area (Å²) in [4.78, 5) is 25.1. The van der Waals surface area contributed by atoms with Gasteiger partial charge in [0.1, 0.15) is 23.9 Å². The number of ether oxygens (including phenoxy) is 2. The first-order valence-corrected chi connectivity index (χ1v) is 14.0. The molecule has 42 heavy (non-hydrogen) atoms. The highest BCUT2D eigenvalue weighted by Crippen LogP contribution is 2.24. The standard InChI is InChI=1S/C32H25BrClN3O5/c1-20-3-4-21(2)37(20)26-10-12-27(13-11-26)40-19-28-14-16-30(41-28)31(38)36-35-18-23-17-25(34)9-15-29(23)42-32(39)22-5-7-24(33)8-6-22/h3-18H,19H2,1-2H3,(H,36,38)/b35-18+. The van der Waals surface area contributed by atoms with Crippen molar-refractivity contribution in [2.45, 2.75) is 20.5 Å². The molecule has 0 radical (unpaired) electrons. The monoisotopic (exact) mass is 645 g/mol. The molecule has 0 aliphatic rings. The molecule has 8 nitrogen and oxygen atoms in total. The highest BCUT2D eigenvalue weighted by atomic mass is 79.9. The number of nitrogens with zero attached hydrogens (tertiary/aromatic N) is 2. The van der Waals surface area contributed by atoms with Crippen LogP contribution in [-0.2, 0) is 6.61 Å². The Morgan fingerprint density at radius 1 is 0.952 bits per heavy atom. The molecule has 1 amide bonds. The minimum absolute atomic E-state index is 0.0626. The van der Waals surface area contributed by atoms with Crippen LogP contribution in [0.5, 0.6) is 11.5 Å². The summed E-state index contributed by atoms with van der Waals surface area (Å²) >= 11 is 9.46. The van der Waals surface area contributed by atoms with Crippen LogP contribution in [0.1, 0.15) is 43.6 Å². The third-order valence-corrected chi connectivity index (χ3v) is 7.02. The van der Waals surface area contributed by atoms with Gasteiger partial charge >= 0.3 is 11.9 Å². The fraction of sp³-hybridized carbons (Fsp3) is 0.0938. The van der Waals surface area contributed by atoms with Crippen LogP contribution in [0.2, 0.25) is 5.02 Å². The summed E-state index contributed by atoms with van der Waals surface area (Å²) in [5.74, 6) is 0.335. The number of furan rings is 1. The predicted molar refractivity (Wildman–Crippen MR) is 164 cm³/mol. The number of halogens is 2. The van der Waals surface area contributed by atoms with Crippen LogP contribution < -0.4 is 14.9 Å². The lowest BCUT2D eigenvalue weighted by Gasteiger charge is -2.10. The molecular weight excluding hydrogens is 622 g/mol. The fourth-order valence-corrected chi connectivity index (χ4v) is 4.62. The first-order chi connectivity index (χ1) is 20.3. The van der Waals surface area contributed by atoms with Crippen LogP contribution in [0.25, 0.3) is 5.69 Å². The summed E-state index contributed by atoms with van der Waals surface area (Å²) in [5, 5.41) is 4.39. The summed E-state index contributed by atoms with van der Waals surface area (Å²) in [5.41, 5.74) is 6.53. The summed E-state index contributed by atoms with van der Waals surface area (Å²) in [7, 11) is 0. The van der Waals surface area contributed by atoms with E-state index >= 15 is 0 Å². The normalized spacial score (nSPS) is 11.0. The fourth-order valence-electron chi connectivity index (χ4n) is 4.17. The Labute approximate surface area is 255 Å². The highest BCUT2D eigenvalue weighted by Gasteiger charge is 2.14. The second kappa shape index (κ2) is 12.9. The maximum Gasteiger partial charge on any atom is 0.343 e. The van der Waals surface area contributed by atoms with Crippen molar-refractivity contribution in [3.05, 3.63) is 135 Å². The van der Waals surface area contributed by atoms with E-state index in [1.54, 1.807) is 48.5 Å². The second-order valence-electron chi connectivity index (χ2n) is 9.28. The van der Waals surface area contributed by atoms with Crippen LogP contribution in [0.3, 0.4) is 0 Å². The number of nitrogens with one attached hydrogen (secondary N) is 1. The van der Waals surface area contributed by atoms with E-state index in [1.165, 1.54) is 12.3 Å². The lowest BCUT2D eigenvalue weighted by atomic mass is 10.2. The minimum Gasteiger partial charge on any atom is -0.486 e. The number of esters is 1. The Bertz CT molecular complexity index is 1740. The van der Waals surface area contributed by atoms with E-state index in [-0.39, 0.29) is 18.1 Å². The molecular formula is C32H25BrClN3O5. The molecule has 10 heteroatoms. The molecule has 0 bridgehead atoms. The number of aryl methyl sites for hydroxylation is 2. The molecule has 0 saturated carbocycles. The Hall–Kier alpha value is -4.60. The number of benzene rings is 3. The smallest absolute Gasteiger partial charge is 0.343 e. The van der Waals surface area contributed by atoms with E-state index in [2.05, 4.69) is 57.0 Å². The van der Waals surface area contributed by atoms with Crippen molar-refractivity contribution in [3.63, 3.8) is 0 Å². The predicted octanol–water partition coefficient (Wildman–Crippen LogP) is 7.67. The summed E-state index contributed by atoms with van der Waals surface area (Å²) in [6.45, 7) is 4.27. The molecule has 5 aromatic rings. The molecule has 0 spiro atoms. The number of hydrogen-bond donors (Lipinski definition) is 1. The zero-order valence-corrected chi connectivity index (χ0v) is 25.0. The first kappa shape index (κ1) is 28.9. The molecule has 3 aromatic carbocycles. The number of carbonyl (C=O) groups excluding carboxylic acids is 2. The molecule has 0 fully saturated rings. The molecule has 212 valence electrons. The number of hydrogen-bond acceptors (Lipinski definition) is 6. The molecule has 5 rings (SSSR count). The average molecular weight is 647 g/mol. The average Bonchev–Trinajstić information content (AvgIpc) is 3.60. The molecule has 0 aliphatic carbocycles. The van der Waals surface area contributed by atoms with Gasteiger partial charge in [0, 0.05) is 32.1 Å². The molecule has 2 aromatic heterocycles. The Morgan fingerprint density at radius 3 is 2.38 bits per heavy atom. The number of rotatable bonds is 9. The van der Waals surface area contributed by atoms with Crippen molar-refractivity contribution < 1.29 is 23.5 Å². The molecule has 0 aliphatic heterocycles. The van der Waals surface area contributed by atoms with Crippen LogP contribution in [-0.4, -0.2) is 22.7 Å². The number of hydrazone groups is 1. The van der Waals surface area contributed by atoms with Crippen LogP contribution in [0.15, 0.2) is 105 Å². The van der Waals surface area contributed by atoms with Gasteiger partial charge in [-0.05, 0) is 105 Å². The van der Waals surface area contributed by atoms with Gasteiger partial charge in [0.05, 0.1) is 11.8 Å². The topological polar surface area (TPSA) is 95.1 Å². The van der Waals surface area contributed by atoms with Gasteiger partial charge in [0.15, 0.2) is 5.76 Å². The Balaban J connectivity index is 1.17. The van der Waals surface area contributed by atoms with E-state index in [4.69, 9.17) is 25.5 Å². The maximum absolute atomic E-state index is 12.6. The van der Waals surface area contributed by atoms with Crippen molar-refractivity contribution in [2.24, 2.45) is 5.10 Å².